The number of rotatable bonds is 6. The van der Waals surface area contributed by atoms with E-state index in [2.05, 4.69) is 15.8 Å². The summed E-state index contributed by atoms with van der Waals surface area (Å²) in [7, 11) is 1.61. The van der Waals surface area contributed by atoms with Crippen molar-refractivity contribution in [2.24, 2.45) is 5.10 Å². The van der Waals surface area contributed by atoms with Gasteiger partial charge in [-0.3, -0.25) is 5.43 Å². The smallest absolute Gasteiger partial charge is 0.343 e. The van der Waals surface area contributed by atoms with Crippen LogP contribution < -0.4 is 20.2 Å². The number of methoxy groups -OCH3 is 1. The molecule has 0 aliphatic carbocycles. The van der Waals surface area contributed by atoms with Crippen molar-refractivity contribution < 1.29 is 14.3 Å². The zero-order valence-electron chi connectivity index (χ0n) is 16.0. The maximum Gasteiger partial charge on any atom is 0.343 e. The van der Waals surface area contributed by atoms with Crippen LogP contribution in [0.25, 0.3) is 0 Å². The van der Waals surface area contributed by atoms with Gasteiger partial charge >= 0.3 is 5.97 Å². The molecule has 0 amide bonds. The van der Waals surface area contributed by atoms with Crippen molar-refractivity contribution >= 4 is 46.8 Å². The third kappa shape index (κ3) is 6.04. The number of anilines is 1. The quantitative estimate of drug-likeness (QED) is 0.187. The Balaban J connectivity index is 1.60. The molecule has 0 unspecified atom stereocenters. The second-order valence-electron chi connectivity index (χ2n) is 5.99. The summed E-state index contributed by atoms with van der Waals surface area (Å²) < 4.78 is 10.6. The van der Waals surface area contributed by atoms with Crippen molar-refractivity contribution in [2.75, 3.05) is 12.4 Å². The molecule has 0 aliphatic heterocycles. The number of thiocarbonyl (C=S) groups is 1. The Morgan fingerprint density at radius 3 is 2.43 bits per heavy atom. The number of nitrogens with one attached hydrogen (secondary N) is 2. The van der Waals surface area contributed by atoms with Crippen molar-refractivity contribution in [1.82, 2.24) is 5.43 Å². The van der Waals surface area contributed by atoms with Crippen LogP contribution in [0.5, 0.6) is 11.5 Å². The average molecular weight is 440 g/mol. The summed E-state index contributed by atoms with van der Waals surface area (Å²) in [6, 6.07) is 20.8. The molecule has 0 bridgehead atoms. The maximum atomic E-state index is 12.3. The highest BCUT2D eigenvalue weighted by atomic mass is 35.5. The molecule has 3 aromatic carbocycles. The second-order valence-corrected chi connectivity index (χ2v) is 6.83. The standard InChI is InChI=1S/C22H18ClN3O3S/c1-28-19-12-10-18(11-13-19)25-22(30)26-24-14-16-4-2-3-5-20(16)29-21(27)15-6-8-17(23)9-7-15/h2-14H,1H3,(H2,25,26,30). The Morgan fingerprint density at radius 2 is 1.73 bits per heavy atom. The molecule has 0 saturated heterocycles. The van der Waals surface area contributed by atoms with E-state index in [9.17, 15) is 4.79 Å². The van der Waals surface area contributed by atoms with E-state index >= 15 is 0 Å². The molecule has 0 atom stereocenters. The number of benzene rings is 3. The van der Waals surface area contributed by atoms with Gasteiger partial charge in [-0.2, -0.15) is 5.10 Å². The molecule has 2 N–H and O–H groups in total. The number of carbonyl (C=O) groups is 1. The van der Waals surface area contributed by atoms with E-state index in [0.717, 1.165) is 11.4 Å². The minimum atomic E-state index is -0.489. The molecule has 0 aliphatic rings. The summed E-state index contributed by atoms with van der Waals surface area (Å²) in [6.07, 6.45) is 1.52. The Hall–Kier alpha value is -3.42. The number of halogens is 1. The van der Waals surface area contributed by atoms with E-state index in [-0.39, 0.29) is 0 Å². The largest absolute Gasteiger partial charge is 0.497 e. The summed E-state index contributed by atoms with van der Waals surface area (Å²) in [5.74, 6) is 0.636. The molecule has 0 fully saturated rings. The van der Waals surface area contributed by atoms with Crippen LogP contribution in [0.15, 0.2) is 77.9 Å². The second kappa shape index (κ2) is 10.4. The molecule has 0 aromatic heterocycles. The topological polar surface area (TPSA) is 71.9 Å². The molecular weight excluding hydrogens is 422 g/mol. The van der Waals surface area contributed by atoms with Crippen LogP contribution in [0, 0.1) is 0 Å². The number of esters is 1. The Morgan fingerprint density at radius 1 is 1.03 bits per heavy atom. The predicted octanol–water partition coefficient (Wildman–Crippen LogP) is 4.89. The lowest BCUT2D eigenvalue weighted by molar-refractivity contribution is 0.0734. The minimum Gasteiger partial charge on any atom is -0.497 e. The molecule has 0 heterocycles. The van der Waals surface area contributed by atoms with Gasteiger partial charge in [0.1, 0.15) is 11.5 Å². The van der Waals surface area contributed by atoms with E-state index in [1.807, 2.05) is 30.3 Å². The molecule has 8 heteroatoms. The van der Waals surface area contributed by atoms with E-state index in [4.69, 9.17) is 33.3 Å². The Bertz CT molecular complexity index is 1050. The first-order chi connectivity index (χ1) is 14.5. The van der Waals surface area contributed by atoms with Crippen LogP contribution in [0.1, 0.15) is 15.9 Å². The van der Waals surface area contributed by atoms with Gasteiger partial charge in [-0.15, -0.1) is 0 Å². The van der Waals surface area contributed by atoms with Crippen molar-refractivity contribution in [2.45, 2.75) is 0 Å². The van der Waals surface area contributed by atoms with E-state index in [0.29, 0.717) is 27.0 Å². The fourth-order valence-corrected chi connectivity index (χ4v) is 2.72. The van der Waals surface area contributed by atoms with Crippen molar-refractivity contribution in [3.05, 3.63) is 88.9 Å². The predicted molar refractivity (Wildman–Crippen MR) is 123 cm³/mol. The summed E-state index contributed by atoms with van der Waals surface area (Å²) in [5, 5.41) is 7.98. The molecular formula is C22H18ClN3O3S. The summed E-state index contributed by atoms with van der Waals surface area (Å²) >= 11 is 11.1. The summed E-state index contributed by atoms with van der Waals surface area (Å²) in [4.78, 5) is 12.3. The number of para-hydroxylation sites is 1. The first kappa shape index (κ1) is 21.3. The lowest BCUT2D eigenvalue weighted by Crippen LogP contribution is -2.23. The van der Waals surface area contributed by atoms with Gasteiger partial charge in [-0.05, 0) is 72.9 Å². The number of nitrogens with zero attached hydrogens (tertiary/aromatic N) is 1. The Labute approximate surface area is 184 Å². The number of hydrogen-bond donors (Lipinski definition) is 2. The van der Waals surface area contributed by atoms with Gasteiger partial charge < -0.3 is 14.8 Å². The first-order valence-electron chi connectivity index (χ1n) is 8.86. The normalized spacial score (nSPS) is 10.5. The minimum absolute atomic E-state index is 0.312. The van der Waals surface area contributed by atoms with Gasteiger partial charge in [-0.25, -0.2) is 4.79 Å². The monoisotopic (exact) mass is 439 g/mol. The highest BCUT2D eigenvalue weighted by Gasteiger charge is 2.10. The van der Waals surface area contributed by atoms with Gasteiger partial charge in [0, 0.05) is 16.3 Å². The SMILES string of the molecule is COc1ccc(NC(=S)NN=Cc2ccccc2OC(=O)c2ccc(Cl)cc2)cc1. The van der Waals surface area contributed by atoms with Crippen LogP contribution in [0.3, 0.4) is 0 Å². The highest BCUT2D eigenvalue weighted by Crippen LogP contribution is 2.19. The first-order valence-corrected chi connectivity index (χ1v) is 9.64. The average Bonchev–Trinajstić information content (AvgIpc) is 2.76. The molecule has 30 heavy (non-hydrogen) atoms. The van der Waals surface area contributed by atoms with E-state index in [1.165, 1.54) is 6.21 Å². The molecule has 6 nitrogen and oxygen atoms in total. The van der Waals surface area contributed by atoms with Crippen molar-refractivity contribution in [3.63, 3.8) is 0 Å². The lowest BCUT2D eigenvalue weighted by atomic mass is 10.2. The van der Waals surface area contributed by atoms with Gasteiger partial charge in [-0.1, -0.05) is 23.7 Å². The molecule has 0 saturated carbocycles. The zero-order chi connectivity index (χ0) is 21.3. The van der Waals surface area contributed by atoms with Crippen molar-refractivity contribution in [1.29, 1.82) is 0 Å². The van der Waals surface area contributed by atoms with Gasteiger partial charge in [0.05, 0.1) is 18.9 Å². The van der Waals surface area contributed by atoms with Crippen LogP contribution in [-0.4, -0.2) is 24.4 Å². The van der Waals surface area contributed by atoms with Crippen molar-refractivity contribution in [3.8, 4) is 11.5 Å². The fraction of sp³-hybridized carbons (Fsp3) is 0.0455. The van der Waals surface area contributed by atoms with Gasteiger partial charge in [0.25, 0.3) is 0 Å². The molecule has 3 rings (SSSR count). The third-order valence-electron chi connectivity index (χ3n) is 3.92. The van der Waals surface area contributed by atoms with Crippen LogP contribution in [0.2, 0.25) is 5.02 Å². The maximum absolute atomic E-state index is 12.3. The Kier molecular flexibility index (Phi) is 7.37. The van der Waals surface area contributed by atoms with Crippen LogP contribution in [0.4, 0.5) is 5.69 Å². The number of hydrogen-bond acceptors (Lipinski definition) is 5. The molecule has 0 radical (unpaired) electrons. The number of hydrazone groups is 1. The van der Waals surface area contributed by atoms with Crippen LogP contribution in [-0.2, 0) is 0 Å². The molecule has 152 valence electrons. The van der Waals surface area contributed by atoms with Crippen LogP contribution >= 0.6 is 23.8 Å². The summed E-state index contributed by atoms with van der Waals surface area (Å²) in [5.41, 5.74) is 4.53. The van der Waals surface area contributed by atoms with E-state index in [1.54, 1.807) is 49.6 Å². The number of carbonyl (C=O) groups excluding carboxylic acids is 1. The zero-order valence-corrected chi connectivity index (χ0v) is 17.5. The molecule has 3 aromatic rings. The lowest BCUT2D eigenvalue weighted by Gasteiger charge is -2.09. The number of ether oxygens (including phenoxy) is 2. The highest BCUT2D eigenvalue weighted by molar-refractivity contribution is 7.80. The summed E-state index contributed by atoms with van der Waals surface area (Å²) in [6.45, 7) is 0. The van der Waals surface area contributed by atoms with Gasteiger partial charge in [0.15, 0.2) is 5.11 Å². The van der Waals surface area contributed by atoms with E-state index < -0.39 is 5.97 Å². The molecule has 0 spiro atoms. The van der Waals surface area contributed by atoms with Gasteiger partial charge in [0.2, 0.25) is 0 Å². The third-order valence-corrected chi connectivity index (χ3v) is 4.36. The fourth-order valence-electron chi connectivity index (χ4n) is 2.42.